The zero-order chi connectivity index (χ0) is 16.0. The zero-order valence-electron chi connectivity index (χ0n) is 13.2. The highest BCUT2D eigenvalue weighted by molar-refractivity contribution is 5.94. The molecule has 23 heavy (non-hydrogen) atoms. The third kappa shape index (κ3) is 2.35. The lowest BCUT2D eigenvalue weighted by molar-refractivity contribution is -0.324. The molecule has 3 aliphatic rings. The maximum absolute atomic E-state index is 12.0. The van der Waals surface area contributed by atoms with Crippen molar-refractivity contribution >= 4 is 5.78 Å². The van der Waals surface area contributed by atoms with E-state index in [0.29, 0.717) is 13.0 Å². The maximum atomic E-state index is 12.0. The number of carbonyl (C=O) groups is 1. The van der Waals surface area contributed by atoms with Gasteiger partial charge in [0.1, 0.15) is 6.10 Å². The van der Waals surface area contributed by atoms with Gasteiger partial charge in [-0.1, -0.05) is 37.3 Å². The lowest BCUT2D eigenvalue weighted by Gasteiger charge is -2.50. The monoisotopic (exact) mass is 316 g/mol. The van der Waals surface area contributed by atoms with E-state index in [2.05, 4.69) is 6.92 Å². The van der Waals surface area contributed by atoms with Gasteiger partial charge in [0.2, 0.25) is 0 Å². The molecule has 2 fully saturated rings. The van der Waals surface area contributed by atoms with Crippen LogP contribution in [0.3, 0.4) is 0 Å². The Kier molecular flexibility index (Phi) is 3.61. The van der Waals surface area contributed by atoms with Gasteiger partial charge in [-0.05, 0) is 11.6 Å². The standard InChI is InChI=1S/C18H20O5/c1-18-9-12(19)8-13(18)17(20-2)22-14-10-21-16(23-15(14)18)11-6-4-3-5-7-11/h3-8,14-17H,9-10H2,1-2H3/t14-,15-,16-,17+,18-/m1/s1. The summed E-state index contributed by atoms with van der Waals surface area (Å²) in [4.78, 5) is 12.0. The summed E-state index contributed by atoms with van der Waals surface area (Å²) in [5.74, 6) is 0.0974. The van der Waals surface area contributed by atoms with Crippen molar-refractivity contribution in [1.82, 2.24) is 0 Å². The van der Waals surface area contributed by atoms with Crippen LogP contribution in [-0.4, -0.2) is 38.0 Å². The summed E-state index contributed by atoms with van der Waals surface area (Å²) in [6.07, 6.45) is 0.662. The van der Waals surface area contributed by atoms with Crippen molar-refractivity contribution in [1.29, 1.82) is 0 Å². The summed E-state index contributed by atoms with van der Waals surface area (Å²) in [7, 11) is 1.59. The van der Waals surface area contributed by atoms with E-state index in [-0.39, 0.29) is 18.0 Å². The van der Waals surface area contributed by atoms with Crippen molar-refractivity contribution in [2.24, 2.45) is 5.41 Å². The first kappa shape index (κ1) is 15.0. The predicted octanol–water partition coefficient (Wildman–Crippen LogP) is 2.38. The topological polar surface area (TPSA) is 54.0 Å². The Hall–Kier alpha value is -1.53. The summed E-state index contributed by atoms with van der Waals surface area (Å²) in [6.45, 7) is 2.48. The molecule has 1 aromatic carbocycles. The highest BCUT2D eigenvalue weighted by Crippen LogP contribution is 2.51. The third-order valence-electron chi connectivity index (χ3n) is 5.00. The number of allylic oxidation sites excluding steroid dienone is 1. The van der Waals surface area contributed by atoms with Crippen molar-refractivity contribution in [3.05, 3.63) is 47.5 Å². The molecule has 122 valence electrons. The molecule has 2 heterocycles. The van der Waals surface area contributed by atoms with Crippen LogP contribution in [0.25, 0.3) is 0 Å². The molecule has 4 rings (SSSR count). The van der Waals surface area contributed by atoms with Crippen LogP contribution in [0.15, 0.2) is 42.0 Å². The van der Waals surface area contributed by atoms with Gasteiger partial charge in [-0.3, -0.25) is 4.79 Å². The molecule has 2 saturated heterocycles. The van der Waals surface area contributed by atoms with Crippen LogP contribution in [0.2, 0.25) is 0 Å². The van der Waals surface area contributed by atoms with Gasteiger partial charge in [-0.25, -0.2) is 0 Å². The molecule has 5 nitrogen and oxygen atoms in total. The Bertz CT molecular complexity index is 640. The van der Waals surface area contributed by atoms with Crippen LogP contribution in [-0.2, 0) is 23.7 Å². The van der Waals surface area contributed by atoms with Gasteiger partial charge in [0.05, 0.1) is 12.7 Å². The quantitative estimate of drug-likeness (QED) is 0.838. The number of hydrogen-bond donors (Lipinski definition) is 0. The Labute approximate surface area is 135 Å². The fourth-order valence-corrected chi connectivity index (χ4v) is 3.86. The second kappa shape index (κ2) is 5.53. The third-order valence-corrected chi connectivity index (χ3v) is 5.00. The average molecular weight is 316 g/mol. The number of ether oxygens (including phenoxy) is 4. The molecule has 1 aliphatic carbocycles. The van der Waals surface area contributed by atoms with Gasteiger partial charge < -0.3 is 18.9 Å². The molecular formula is C18H20O5. The van der Waals surface area contributed by atoms with E-state index in [1.165, 1.54) is 0 Å². The normalized spacial score (nSPS) is 39.6. The van der Waals surface area contributed by atoms with E-state index in [0.717, 1.165) is 11.1 Å². The molecule has 5 atom stereocenters. The lowest BCUT2D eigenvalue weighted by atomic mass is 9.73. The van der Waals surface area contributed by atoms with Crippen molar-refractivity contribution in [3.8, 4) is 0 Å². The number of fused-ring (bicyclic) bond motifs is 3. The molecule has 5 heteroatoms. The van der Waals surface area contributed by atoms with E-state index in [4.69, 9.17) is 18.9 Å². The Morgan fingerprint density at radius 1 is 1.22 bits per heavy atom. The summed E-state index contributed by atoms with van der Waals surface area (Å²) in [5, 5.41) is 0. The number of hydrogen-bond acceptors (Lipinski definition) is 5. The first-order chi connectivity index (χ1) is 11.1. The van der Waals surface area contributed by atoms with Gasteiger partial charge >= 0.3 is 0 Å². The highest BCUT2D eigenvalue weighted by Gasteiger charge is 2.57. The lowest BCUT2D eigenvalue weighted by Crippen LogP contribution is -2.57. The first-order valence-electron chi connectivity index (χ1n) is 7.87. The molecule has 0 N–H and O–H groups in total. The second-order valence-electron chi connectivity index (χ2n) is 6.54. The van der Waals surface area contributed by atoms with Gasteiger partial charge in [0, 0.05) is 24.5 Å². The van der Waals surface area contributed by atoms with Gasteiger partial charge in [0.15, 0.2) is 18.4 Å². The van der Waals surface area contributed by atoms with Crippen LogP contribution in [0, 0.1) is 5.41 Å². The average Bonchev–Trinajstić information content (AvgIpc) is 2.90. The zero-order valence-corrected chi connectivity index (χ0v) is 13.2. The Morgan fingerprint density at radius 2 is 2.00 bits per heavy atom. The number of ketones is 1. The fraction of sp³-hybridized carbons (Fsp3) is 0.500. The minimum absolute atomic E-state index is 0.0974. The number of rotatable bonds is 2. The SMILES string of the molecule is CO[C@H]1O[C@@H]2CO[C@@H](c3ccccc3)O[C@H]2[C@]2(C)CC(=O)C=C12. The predicted molar refractivity (Wildman–Crippen MR) is 81.5 cm³/mol. The van der Waals surface area contributed by atoms with E-state index in [1.807, 2.05) is 30.3 Å². The highest BCUT2D eigenvalue weighted by atomic mass is 16.7. The molecule has 0 saturated carbocycles. The minimum Gasteiger partial charge on any atom is -0.352 e. The Balaban J connectivity index is 1.65. The first-order valence-corrected chi connectivity index (χ1v) is 7.87. The van der Waals surface area contributed by atoms with Crippen LogP contribution in [0.5, 0.6) is 0 Å². The minimum atomic E-state index is -0.506. The van der Waals surface area contributed by atoms with Crippen molar-refractivity contribution < 1.29 is 23.7 Å². The molecule has 0 radical (unpaired) electrons. The van der Waals surface area contributed by atoms with E-state index in [9.17, 15) is 4.79 Å². The number of benzene rings is 1. The summed E-state index contributed by atoms with van der Waals surface area (Å²) < 4.78 is 23.5. The van der Waals surface area contributed by atoms with Gasteiger partial charge in [-0.15, -0.1) is 0 Å². The van der Waals surface area contributed by atoms with Crippen LogP contribution in [0.1, 0.15) is 25.2 Å². The Morgan fingerprint density at radius 3 is 2.74 bits per heavy atom. The summed E-state index contributed by atoms with van der Waals surface area (Å²) >= 11 is 0. The fourth-order valence-electron chi connectivity index (χ4n) is 3.86. The van der Waals surface area contributed by atoms with Crippen LogP contribution in [0.4, 0.5) is 0 Å². The second-order valence-corrected chi connectivity index (χ2v) is 6.54. The largest absolute Gasteiger partial charge is 0.352 e. The van der Waals surface area contributed by atoms with E-state index in [1.54, 1.807) is 13.2 Å². The molecule has 0 unspecified atom stereocenters. The van der Waals surface area contributed by atoms with Gasteiger partial charge in [0.25, 0.3) is 0 Å². The van der Waals surface area contributed by atoms with Crippen LogP contribution < -0.4 is 0 Å². The molecule has 1 aromatic rings. The molecule has 0 aromatic heterocycles. The molecular weight excluding hydrogens is 296 g/mol. The van der Waals surface area contributed by atoms with E-state index >= 15 is 0 Å². The van der Waals surface area contributed by atoms with E-state index < -0.39 is 18.0 Å². The van der Waals surface area contributed by atoms with Crippen molar-refractivity contribution in [2.45, 2.75) is 38.1 Å². The van der Waals surface area contributed by atoms with Crippen LogP contribution >= 0.6 is 0 Å². The smallest absolute Gasteiger partial charge is 0.184 e. The molecule has 0 amide bonds. The number of methoxy groups -OCH3 is 1. The van der Waals surface area contributed by atoms with Crippen molar-refractivity contribution in [3.63, 3.8) is 0 Å². The molecule has 0 spiro atoms. The van der Waals surface area contributed by atoms with Crippen molar-refractivity contribution in [2.75, 3.05) is 13.7 Å². The molecule has 0 bridgehead atoms. The maximum Gasteiger partial charge on any atom is 0.184 e. The number of carbonyl (C=O) groups excluding carboxylic acids is 1. The summed E-state index contributed by atoms with van der Waals surface area (Å²) in [6, 6.07) is 9.83. The van der Waals surface area contributed by atoms with Gasteiger partial charge in [-0.2, -0.15) is 0 Å². The summed E-state index contributed by atoms with van der Waals surface area (Å²) in [5.41, 5.74) is 1.44. The molecule has 2 aliphatic heterocycles.